The second-order valence-electron chi connectivity index (χ2n) is 5.39. The van der Waals surface area contributed by atoms with E-state index in [0.717, 1.165) is 20.9 Å². The molecule has 3 nitrogen and oxygen atoms in total. The third-order valence-corrected chi connectivity index (χ3v) is 3.86. The Kier molecular flexibility index (Phi) is 4.16. The van der Waals surface area contributed by atoms with Gasteiger partial charge in [0.2, 0.25) is 0 Å². The number of hydrogen-bond acceptors (Lipinski definition) is 4. The maximum absolute atomic E-state index is 5.77. The molecule has 19 heavy (non-hydrogen) atoms. The van der Waals surface area contributed by atoms with Gasteiger partial charge in [-0.15, -0.1) is 11.3 Å². The molecule has 0 saturated carbocycles. The predicted octanol–water partition coefficient (Wildman–Crippen LogP) is 4.36. The quantitative estimate of drug-likeness (QED) is 0.844. The van der Waals surface area contributed by atoms with Gasteiger partial charge < -0.3 is 10.5 Å². The third-order valence-electron chi connectivity index (χ3n) is 2.58. The van der Waals surface area contributed by atoms with Crippen LogP contribution in [-0.2, 0) is 12.0 Å². The van der Waals surface area contributed by atoms with Gasteiger partial charge in [-0.3, -0.25) is 0 Å². The number of thiazole rings is 1. The predicted molar refractivity (Wildman–Crippen MR) is 83.7 cm³/mol. The summed E-state index contributed by atoms with van der Waals surface area (Å²) in [6.07, 6.45) is 0. The highest BCUT2D eigenvalue weighted by atomic mass is 79.9. The van der Waals surface area contributed by atoms with Crippen molar-refractivity contribution in [3.63, 3.8) is 0 Å². The van der Waals surface area contributed by atoms with E-state index in [9.17, 15) is 0 Å². The van der Waals surface area contributed by atoms with Crippen molar-refractivity contribution >= 4 is 33.0 Å². The number of ether oxygens (including phenoxy) is 1. The summed E-state index contributed by atoms with van der Waals surface area (Å²) in [5, 5.41) is 3.07. The molecule has 0 radical (unpaired) electrons. The first-order valence-corrected chi connectivity index (χ1v) is 7.65. The molecular formula is C14H17BrN2OS. The van der Waals surface area contributed by atoms with Crippen LogP contribution >= 0.6 is 27.3 Å². The zero-order valence-electron chi connectivity index (χ0n) is 11.2. The second kappa shape index (κ2) is 5.51. The number of nitrogens with zero attached hydrogens (tertiary/aromatic N) is 1. The molecule has 0 bridgehead atoms. The Bertz CT molecular complexity index is 555. The largest absolute Gasteiger partial charge is 0.486 e. The van der Waals surface area contributed by atoms with Gasteiger partial charge in [-0.2, -0.15) is 0 Å². The lowest BCUT2D eigenvalue weighted by molar-refractivity contribution is 0.305. The standard InChI is InChI=1S/C14H17BrN2OS/c1-14(2,3)12-8-19-13(17-12)7-18-11-5-9(15)4-10(16)6-11/h4-6,8H,7,16H2,1-3H3. The molecule has 1 aromatic carbocycles. The van der Waals surface area contributed by atoms with Gasteiger partial charge in [0.05, 0.1) is 5.69 Å². The summed E-state index contributed by atoms with van der Waals surface area (Å²) in [6.45, 7) is 6.93. The van der Waals surface area contributed by atoms with Crippen molar-refractivity contribution in [3.8, 4) is 5.75 Å². The minimum absolute atomic E-state index is 0.0783. The van der Waals surface area contributed by atoms with Crippen molar-refractivity contribution in [2.75, 3.05) is 5.73 Å². The molecule has 2 aromatic rings. The Morgan fingerprint density at radius 3 is 2.63 bits per heavy atom. The first-order chi connectivity index (χ1) is 8.84. The monoisotopic (exact) mass is 340 g/mol. The van der Waals surface area contributed by atoms with E-state index in [1.54, 1.807) is 11.3 Å². The van der Waals surface area contributed by atoms with Crippen LogP contribution in [0.4, 0.5) is 5.69 Å². The topological polar surface area (TPSA) is 48.1 Å². The van der Waals surface area contributed by atoms with Crippen LogP contribution in [0.1, 0.15) is 31.5 Å². The van der Waals surface area contributed by atoms with Gasteiger partial charge in [0.15, 0.2) is 0 Å². The average Bonchev–Trinajstić information content (AvgIpc) is 2.73. The van der Waals surface area contributed by atoms with E-state index in [0.29, 0.717) is 12.3 Å². The molecule has 0 aliphatic heterocycles. The Hall–Kier alpha value is -1.07. The van der Waals surface area contributed by atoms with Crippen LogP contribution < -0.4 is 10.5 Å². The lowest BCUT2D eigenvalue weighted by Gasteiger charge is -2.14. The zero-order valence-corrected chi connectivity index (χ0v) is 13.6. The van der Waals surface area contributed by atoms with Crippen LogP contribution in [0.25, 0.3) is 0 Å². The number of nitrogens with two attached hydrogens (primary N) is 1. The maximum atomic E-state index is 5.77. The number of halogens is 1. The van der Waals surface area contributed by atoms with E-state index in [2.05, 4.69) is 47.1 Å². The molecule has 2 rings (SSSR count). The molecule has 0 aliphatic carbocycles. The highest BCUT2D eigenvalue weighted by Crippen LogP contribution is 2.26. The molecule has 1 heterocycles. The first-order valence-electron chi connectivity index (χ1n) is 5.98. The van der Waals surface area contributed by atoms with Gasteiger partial charge in [-0.1, -0.05) is 36.7 Å². The molecule has 2 N–H and O–H groups in total. The summed E-state index contributed by atoms with van der Waals surface area (Å²) >= 11 is 5.02. The third kappa shape index (κ3) is 3.94. The van der Waals surface area contributed by atoms with Crippen molar-refractivity contribution in [2.24, 2.45) is 0 Å². The number of anilines is 1. The number of nitrogen functional groups attached to an aromatic ring is 1. The average molecular weight is 341 g/mol. The molecular weight excluding hydrogens is 324 g/mol. The Balaban J connectivity index is 2.04. The Morgan fingerprint density at radius 2 is 2.05 bits per heavy atom. The Labute approximate surface area is 125 Å². The van der Waals surface area contributed by atoms with Crippen LogP contribution in [0.5, 0.6) is 5.75 Å². The summed E-state index contributed by atoms with van der Waals surface area (Å²) < 4.78 is 6.63. The fourth-order valence-electron chi connectivity index (χ4n) is 1.53. The minimum Gasteiger partial charge on any atom is -0.486 e. The van der Waals surface area contributed by atoms with Crippen molar-refractivity contribution in [2.45, 2.75) is 32.8 Å². The van der Waals surface area contributed by atoms with E-state index < -0.39 is 0 Å². The molecule has 5 heteroatoms. The van der Waals surface area contributed by atoms with Gasteiger partial charge in [0.25, 0.3) is 0 Å². The van der Waals surface area contributed by atoms with E-state index in [-0.39, 0.29) is 5.41 Å². The highest BCUT2D eigenvalue weighted by molar-refractivity contribution is 9.10. The summed E-state index contributed by atoms with van der Waals surface area (Å²) in [6, 6.07) is 5.55. The second-order valence-corrected chi connectivity index (χ2v) is 7.24. The minimum atomic E-state index is 0.0783. The van der Waals surface area contributed by atoms with Crippen molar-refractivity contribution in [1.29, 1.82) is 0 Å². The normalized spacial score (nSPS) is 11.6. The fourth-order valence-corrected chi connectivity index (χ4v) is 2.96. The number of hydrogen-bond donors (Lipinski definition) is 1. The van der Waals surface area contributed by atoms with Gasteiger partial charge in [0.1, 0.15) is 17.4 Å². The van der Waals surface area contributed by atoms with Gasteiger partial charge in [-0.25, -0.2) is 4.98 Å². The van der Waals surface area contributed by atoms with E-state index >= 15 is 0 Å². The van der Waals surface area contributed by atoms with Crippen molar-refractivity contribution in [1.82, 2.24) is 4.98 Å². The molecule has 102 valence electrons. The summed E-state index contributed by atoms with van der Waals surface area (Å²) in [7, 11) is 0. The first kappa shape index (κ1) is 14.3. The molecule has 0 fully saturated rings. The molecule has 0 atom stereocenters. The maximum Gasteiger partial charge on any atom is 0.140 e. The van der Waals surface area contributed by atoms with E-state index in [1.807, 2.05) is 18.2 Å². The summed E-state index contributed by atoms with van der Waals surface area (Å²) in [5.41, 5.74) is 7.63. The van der Waals surface area contributed by atoms with Crippen LogP contribution in [0.2, 0.25) is 0 Å². The van der Waals surface area contributed by atoms with Gasteiger partial charge in [0, 0.05) is 27.0 Å². The zero-order chi connectivity index (χ0) is 14.0. The highest BCUT2D eigenvalue weighted by Gasteiger charge is 2.17. The van der Waals surface area contributed by atoms with Gasteiger partial charge in [-0.05, 0) is 12.1 Å². The van der Waals surface area contributed by atoms with E-state index in [1.165, 1.54) is 0 Å². The van der Waals surface area contributed by atoms with E-state index in [4.69, 9.17) is 10.5 Å². The summed E-state index contributed by atoms with van der Waals surface area (Å²) in [4.78, 5) is 4.59. The SMILES string of the molecule is CC(C)(C)c1csc(COc2cc(N)cc(Br)c2)n1. The molecule has 0 unspecified atom stereocenters. The number of benzene rings is 1. The van der Waals surface area contributed by atoms with Crippen LogP contribution in [0, 0.1) is 0 Å². The molecule has 0 aliphatic rings. The van der Waals surface area contributed by atoms with Crippen LogP contribution in [0.3, 0.4) is 0 Å². The number of rotatable bonds is 3. The summed E-state index contributed by atoms with van der Waals surface area (Å²) in [5.74, 6) is 0.749. The molecule has 0 saturated heterocycles. The smallest absolute Gasteiger partial charge is 0.140 e. The van der Waals surface area contributed by atoms with Crippen molar-refractivity contribution < 1.29 is 4.74 Å². The van der Waals surface area contributed by atoms with Crippen molar-refractivity contribution in [3.05, 3.63) is 38.8 Å². The number of aromatic nitrogens is 1. The molecule has 1 aromatic heterocycles. The molecule has 0 spiro atoms. The van der Waals surface area contributed by atoms with Crippen LogP contribution in [-0.4, -0.2) is 4.98 Å². The lowest BCUT2D eigenvalue weighted by atomic mass is 9.93. The lowest BCUT2D eigenvalue weighted by Crippen LogP contribution is -2.11. The Morgan fingerprint density at radius 1 is 1.32 bits per heavy atom. The fraction of sp³-hybridized carbons (Fsp3) is 0.357. The van der Waals surface area contributed by atoms with Gasteiger partial charge >= 0.3 is 0 Å². The van der Waals surface area contributed by atoms with Crippen LogP contribution in [0.15, 0.2) is 28.1 Å². The molecule has 0 amide bonds.